The highest BCUT2D eigenvalue weighted by atomic mass is 19.1. The van der Waals surface area contributed by atoms with Crippen molar-refractivity contribution in [3.8, 4) is 17.0 Å². The van der Waals surface area contributed by atoms with Crippen LogP contribution < -0.4 is 10.5 Å². The second-order valence-corrected chi connectivity index (χ2v) is 9.96. The number of benzene rings is 2. The standard InChI is InChI=1S/C28H27FN4O4/c1-27(26(30)35)15-37-25-20(27)13-23(32-24(25)16-4-7-19(29)8-5-16)28(2,36)11-10-22(34)17-6-9-21-18(12-17)14-31-33(21)3/h4-9,12-14,36H,10-11,15H2,1-3H3,(H2,30,35)/t27-,28-/m0/s1. The van der Waals surface area contributed by atoms with Gasteiger partial charge < -0.3 is 15.6 Å². The number of halogens is 1. The third kappa shape index (κ3) is 4.25. The van der Waals surface area contributed by atoms with Crippen molar-refractivity contribution in [2.75, 3.05) is 6.61 Å². The number of nitrogens with zero attached hydrogens (tertiary/aromatic N) is 3. The molecule has 2 aromatic carbocycles. The molecule has 0 spiro atoms. The number of nitrogens with two attached hydrogens (primary N) is 1. The number of primary amides is 1. The van der Waals surface area contributed by atoms with Gasteiger partial charge in [-0.3, -0.25) is 14.3 Å². The van der Waals surface area contributed by atoms with E-state index in [1.807, 2.05) is 13.1 Å². The van der Waals surface area contributed by atoms with Crippen LogP contribution in [0.3, 0.4) is 0 Å². The van der Waals surface area contributed by atoms with Gasteiger partial charge in [-0.05, 0) is 68.8 Å². The summed E-state index contributed by atoms with van der Waals surface area (Å²) in [6.07, 6.45) is 1.85. The molecule has 1 aliphatic rings. The number of aliphatic hydroxyl groups is 1. The molecule has 9 heteroatoms. The molecule has 0 saturated heterocycles. The second kappa shape index (κ2) is 8.77. The fourth-order valence-corrected chi connectivity index (χ4v) is 4.63. The number of aromatic nitrogens is 3. The SMILES string of the molecule is Cn1ncc2cc(C(=O)CC[C@](C)(O)c3cc4c(c(-c5ccc(F)cc5)n3)OC[C@]4(C)C(N)=O)ccc21. The van der Waals surface area contributed by atoms with Gasteiger partial charge in [-0.2, -0.15) is 5.10 Å². The predicted molar refractivity (Wildman–Crippen MR) is 136 cm³/mol. The zero-order valence-electron chi connectivity index (χ0n) is 20.8. The van der Waals surface area contributed by atoms with E-state index < -0.39 is 22.7 Å². The Morgan fingerprint density at radius 3 is 2.65 bits per heavy atom. The molecule has 1 amide bonds. The Labute approximate surface area is 212 Å². The average Bonchev–Trinajstić information content (AvgIpc) is 3.43. The molecule has 3 N–H and O–H groups in total. The van der Waals surface area contributed by atoms with E-state index in [0.29, 0.717) is 28.1 Å². The van der Waals surface area contributed by atoms with Crippen LogP contribution in [0.1, 0.15) is 48.3 Å². The minimum absolute atomic E-state index is 0.0223. The van der Waals surface area contributed by atoms with Crippen LogP contribution >= 0.6 is 0 Å². The third-order valence-electron chi connectivity index (χ3n) is 7.19. The van der Waals surface area contributed by atoms with Gasteiger partial charge in [0.1, 0.15) is 34.9 Å². The fourth-order valence-electron chi connectivity index (χ4n) is 4.63. The minimum Gasteiger partial charge on any atom is -0.489 e. The van der Waals surface area contributed by atoms with Crippen LogP contribution in [0, 0.1) is 5.82 Å². The average molecular weight is 503 g/mol. The van der Waals surface area contributed by atoms with Gasteiger partial charge in [-0.25, -0.2) is 9.37 Å². The second-order valence-electron chi connectivity index (χ2n) is 9.96. The van der Waals surface area contributed by atoms with Crippen molar-refractivity contribution in [3.05, 3.63) is 77.4 Å². The summed E-state index contributed by atoms with van der Waals surface area (Å²) in [6.45, 7) is 3.27. The van der Waals surface area contributed by atoms with E-state index in [1.54, 1.807) is 55.1 Å². The molecule has 1 aliphatic heterocycles. The van der Waals surface area contributed by atoms with Gasteiger partial charge >= 0.3 is 0 Å². The first-order valence-corrected chi connectivity index (χ1v) is 11.9. The highest BCUT2D eigenvalue weighted by Crippen LogP contribution is 2.46. The van der Waals surface area contributed by atoms with Crippen LogP contribution in [0.5, 0.6) is 5.75 Å². The third-order valence-corrected chi connectivity index (χ3v) is 7.19. The lowest BCUT2D eigenvalue weighted by Crippen LogP contribution is -2.40. The van der Waals surface area contributed by atoms with Crippen LogP contribution in [-0.4, -0.2) is 38.2 Å². The molecule has 0 unspecified atom stereocenters. The number of pyridine rings is 1. The van der Waals surface area contributed by atoms with Crippen LogP contribution in [0.25, 0.3) is 22.2 Å². The first kappa shape index (κ1) is 24.6. The highest BCUT2D eigenvalue weighted by molar-refractivity contribution is 5.99. The van der Waals surface area contributed by atoms with Gasteiger partial charge in [-0.15, -0.1) is 0 Å². The number of aryl methyl sites for hydroxylation is 1. The summed E-state index contributed by atoms with van der Waals surface area (Å²) in [5, 5.41) is 16.5. The lowest BCUT2D eigenvalue weighted by molar-refractivity contribution is -0.123. The van der Waals surface area contributed by atoms with Gasteiger partial charge in [0, 0.05) is 35.5 Å². The summed E-state index contributed by atoms with van der Waals surface area (Å²) in [5.74, 6) is -0.743. The number of fused-ring (bicyclic) bond motifs is 2. The number of ketones is 1. The Bertz CT molecular complexity index is 1540. The van der Waals surface area contributed by atoms with Gasteiger partial charge in [0.05, 0.1) is 17.4 Å². The van der Waals surface area contributed by atoms with E-state index in [1.165, 1.54) is 12.1 Å². The Morgan fingerprint density at radius 1 is 1.22 bits per heavy atom. The maximum Gasteiger partial charge on any atom is 0.231 e. The maximum atomic E-state index is 13.6. The number of carbonyl (C=O) groups excluding carboxylic acids is 2. The Hall–Kier alpha value is -4.11. The molecule has 0 bridgehead atoms. The van der Waals surface area contributed by atoms with Crippen LogP contribution in [0.15, 0.2) is 54.7 Å². The Balaban J connectivity index is 1.49. The van der Waals surface area contributed by atoms with Crippen LogP contribution in [0.2, 0.25) is 0 Å². The molecule has 0 aliphatic carbocycles. The van der Waals surface area contributed by atoms with Crippen molar-refractivity contribution in [2.24, 2.45) is 12.8 Å². The van der Waals surface area contributed by atoms with Gasteiger partial charge in [-0.1, -0.05) is 0 Å². The lowest BCUT2D eigenvalue weighted by Gasteiger charge is -2.26. The Morgan fingerprint density at radius 2 is 1.95 bits per heavy atom. The molecule has 0 saturated carbocycles. The van der Waals surface area contributed by atoms with Crippen molar-refractivity contribution in [1.82, 2.24) is 14.8 Å². The van der Waals surface area contributed by atoms with Gasteiger partial charge in [0.2, 0.25) is 5.91 Å². The number of hydrogen-bond donors (Lipinski definition) is 2. The lowest BCUT2D eigenvalue weighted by atomic mass is 9.81. The largest absolute Gasteiger partial charge is 0.489 e. The zero-order valence-corrected chi connectivity index (χ0v) is 20.8. The highest BCUT2D eigenvalue weighted by Gasteiger charge is 2.45. The van der Waals surface area contributed by atoms with E-state index >= 15 is 0 Å². The van der Waals surface area contributed by atoms with Crippen molar-refractivity contribution >= 4 is 22.6 Å². The normalized spacial score (nSPS) is 18.3. The summed E-state index contributed by atoms with van der Waals surface area (Å²) in [6, 6.07) is 12.7. The summed E-state index contributed by atoms with van der Waals surface area (Å²) in [5.41, 5.74) is 6.20. The van der Waals surface area contributed by atoms with Crippen molar-refractivity contribution in [3.63, 3.8) is 0 Å². The van der Waals surface area contributed by atoms with Crippen molar-refractivity contribution in [2.45, 2.75) is 37.7 Å². The molecule has 37 heavy (non-hydrogen) atoms. The van der Waals surface area contributed by atoms with Crippen molar-refractivity contribution < 1.29 is 23.8 Å². The quantitative estimate of drug-likeness (QED) is 0.371. The molecule has 190 valence electrons. The molecule has 4 aromatic rings. The fraction of sp³-hybridized carbons (Fsp3) is 0.286. The number of Topliss-reactive ketones (excluding diaryl/α,β-unsaturated/α-hetero) is 1. The molecule has 5 rings (SSSR count). The molecular weight excluding hydrogens is 475 g/mol. The number of hydrogen-bond acceptors (Lipinski definition) is 6. The van der Waals surface area contributed by atoms with E-state index in [-0.39, 0.29) is 30.9 Å². The van der Waals surface area contributed by atoms with E-state index in [0.717, 1.165) is 10.9 Å². The summed E-state index contributed by atoms with van der Waals surface area (Å²) in [7, 11) is 1.83. The number of amides is 1. The topological polar surface area (TPSA) is 120 Å². The predicted octanol–water partition coefficient (Wildman–Crippen LogP) is 3.78. The molecule has 8 nitrogen and oxygen atoms in total. The van der Waals surface area contributed by atoms with E-state index in [4.69, 9.17) is 10.5 Å². The van der Waals surface area contributed by atoms with Gasteiger partial charge in [0.25, 0.3) is 0 Å². The van der Waals surface area contributed by atoms with Gasteiger partial charge in [0.15, 0.2) is 5.78 Å². The molecule has 2 atom stereocenters. The van der Waals surface area contributed by atoms with E-state index in [2.05, 4.69) is 10.1 Å². The molecular formula is C28H27FN4O4. The summed E-state index contributed by atoms with van der Waals surface area (Å²) >= 11 is 0. The molecule has 0 radical (unpaired) electrons. The maximum absolute atomic E-state index is 13.6. The summed E-state index contributed by atoms with van der Waals surface area (Å²) < 4.78 is 21.2. The zero-order chi connectivity index (χ0) is 26.5. The number of ether oxygens (including phenoxy) is 1. The molecule has 2 aromatic heterocycles. The smallest absolute Gasteiger partial charge is 0.231 e. The van der Waals surface area contributed by atoms with E-state index in [9.17, 15) is 19.1 Å². The molecule has 3 heterocycles. The number of rotatable bonds is 7. The minimum atomic E-state index is -1.51. The first-order chi connectivity index (χ1) is 17.5. The van der Waals surface area contributed by atoms with Crippen LogP contribution in [0.4, 0.5) is 4.39 Å². The first-order valence-electron chi connectivity index (χ1n) is 11.9. The summed E-state index contributed by atoms with van der Waals surface area (Å²) in [4.78, 5) is 30.0. The van der Waals surface area contributed by atoms with Crippen molar-refractivity contribution in [1.29, 1.82) is 0 Å². The van der Waals surface area contributed by atoms with Crippen LogP contribution in [-0.2, 0) is 22.9 Å². The monoisotopic (exact) mass is 502 g/mol. The molecule has 0 fully saturated rings. The Kier molecular flexibility index (Phi) is 5.83. The number of carbonyl (C=O) groups is 2.